The molecule has 8 nitrogen and oxygen atoms in total. The Labute approximate surface area is 231 Å². The lowest BCUT2D eigenvalue weighted by Gasteiger charge is -2.24. The number of halogens is 1. The molecule has 0 aliphatic carbocycles. The lowest BCUT2D eigenvalue weighted by Crippen LogP contribution is -2.38. The average molecular weight is 565 g/mol. The van der Waals surface area contributed by atoms with E-state index in [1.54, 1.807) is 60.7 Å². The Morgan fingerprint density at radius 2 is 1.46 bits per heavy atom. The molecule has 0 saturated heterocycles. The predicted molar refractivity (Wildman–Crippen MR) is 150 cm³/mol. The molecule has 10 heteroatoms. The highest BCUT2D eigenvalue weighted by Gasteiger charge is 2.29. The molecule has 1 amide bonds. The van der Waals surface area contributed by atoms with Crippen LogP contribution in [0.2, 0.25) is 5.02 Å². The van der Waals surface area contributed by atoms with Crippen molar-refractivity contribution >= 4 is 44.7 Å². The number of carbonyl (C=O) groups excluding carboxylic acids is 2. The maximum absolute atomic E-state index is 13.8. The molecular weight excluding hydrogens is 540 g/mol. The van der Waals surface area contributed by atoms with Gasteiger partial charge in [0.25, 0.3) is 10.0 Å². The molecule has 200 valence electrons. The third-order valence-corrected chi connectivity index (χ3v) is 7.82. The van der Waals surface area contributed by atoms with Crippen molar-refractivity contribution < 1.29 is 27.5 Å². The van der Waals surface area contributed by atoms with Gasteiger partial charge in [-0.3, -0.25) is 13.9 Å². The van der Waals surface area contributed by atoms with E-state index in [2.05, 4.69) is 5.32 Å². The van der Waals surface area contributed by atoms with Crippen LogP contribution in [0.5, 0.6) is 11.5 Å². The van der Waals surface area contributed by atoms with E-state index in [-0.39, 0.29) is 33.4 Å². The van der Waals surface area contributed by atoms with E-state index >= 15 is 0 Å². The number of nitrogens with one attached hydrogen (secondary N) is 1. The molecule has 0 unspecified atom stereocenters. The minimum Gasteiger partial charge on any atom is -0.493 e. The first kappa shape index (κ1) is 27.7. The Morgan fingerprint density at radius 1 is 0.821 bits per heavy atom. The third kappa shape index (κ3) is 6.22. The van der Waals surface area contributed by atoms with Gasteiger partial charge in [0.1, 0.15) is 6.54 Å². The second kappa shape index (κ2) is 12.0. The molecule has 0 radical (unpaired) electrons. The van der Waals surface area contributed by atoms with Crippen molar-refractivity contribution in [2.45, 2.75) is 4.90 Å². The lowest BCUT2D eigenvalue weighted by molar-refractivity contribution is -0.114. The van der Waals surface area contributed by atoms with E-state index in [9.17, 15) is 18.0 Å². The number of rotatable bonds is 10. The summed E-state index contributed by atoms with van der Waals surface area (Å²) in [6, 6.07) is 25.5. The fourth-order valence-electron chi connectivity index (χ4n) is 3.89. The number of methoxy groups -OCH3 is 2. The predicted octanol–water partition coefficient (Wildman–Crippen LogP) is 5.42. The summed E-state index contributed by atoms with van der Waals surface area (Å²) in [4.78, 5) is 26.4. The van der Waals surface area contributed by atoms with E-state index < -0.39 is 22.5 Å². The van der Waals surface area contributed by atoms with Gasteiger partial charge in [-0.1, -0.05) is 60.1 Å². The molecule has 0 aliphatic heterocycles. The zero-order valence-electron chi connectivity index (χ0n) is 21.1. The summed E-state index contributed by atoms with van der Waals surface area (Å²) >= 11 is 6.15. The molecule has 39 heavy (non-hydrogen) atoms. The van der Waals surface area contributed by atoms with Gasteiger partial charge in [-0.05, 0) is 42.5 Å². The van der Waals surface area contributed by atoms with Crippen LogP contribution >= 0.6 is 11.6 Å². The van der Waals surface area contributed by atoms with E-state index in [0.29, 0.717) is 16.3 Å². The number of amides is 1. The summed E-state index contributed by atoms with van der Waals surface area (Å²) in [5, 5.41) is 3.00. The van der Waals surface area contributed by atoms with Crippen LogP contribution in [0.1, 0.15) is 15.9 Å². The second-order valence-electron chi connectivity index (χ2n) is 8.30. The zero-order valence-corrected chi connectivity index (χ0v) is 22.7. The van der Waals surface area contributed by atoms with Crippen molar-refractivity contribution in [2.24, 2.45) is 0 Å². The summed E-state index contributed by atoms with van der Waals surface area (Å²) in [6.07, 6.45) is 0. The van der Waals surface area contributed by atoms with Crippen LogP contribution in [0, 0.1) is 0 Å². The van der Waals surface area contributed by atoms with Gasteiger partial charge in [0, 0.05) is 22.2 Å². The van der Waals surface area contributed by atoms with Crippen LogP contribution in [0.15, 0.2) is 102 Å². The summed E-state index contributed by atoms with van der Waals surface area (Å²) in [7, 11) is -1.38. The highest BCUT2D eigenvalue weighted by molar-refractivity contribution is 7.92. The molecule has 0 heterocycles. The van der Waals surface area contributed by atoms with E-state index in [1.165, 1.54) is 50.6 Å². The number of nitrogens with zero attached hydrogens (tertiary/aromatic N) is 1. The normalized spacial score (nSPS) is 10.9. The van der Waals surface area contributed by atoms with Gasteiger partial charge in [0.2, 0.25) is 5.91 Å². The van der Waals surface area contributed by atoms with Gasteiger partial charge >= 0.3 is 0 Å². The summed E-state index contributed by atoms with van der Waals surface area (Å²) in [5.41, 5.74) is 1.07. The molecule has 0 saturated carbocycles. The van der Waals surface area contributed by atoms with E-state index in [4.69, 9.17) is 21.1 Å². The molecule has 0 aliphatic rings. The number of carbonyl (C=O) groups is 2. The molecule has 0 aromatic heterocycles. The molecule has 0 bridgehead atoms. The first-order chi connectivity index (χ1) is 18.7. The monoisotopic (exact) mass is 564 g/mol. The van der Waals surface area contributed by atoms with Crippen LogP contribution in [-0.4, -0.2) is 40.9 Å². The van der Waals surface area contributed by atoms with Gasteiger partial charge in [-0.25, -0.2) is 8.42 Å². The van der Waals surface area contributed by atoms with Gasteiger partial charge in [-0.2, -0.15) is 0 Å². The number of anilines is 2. The van der Waals surface area contributed by atoms with Crippen molar-refractivity contribution in [3.63, 3.8) is 0 Å². The quantitative estimate of drug-likeness (QED) is 0.258. The highest BCUT2D eigenvalue weighted by Crippen LogP contribution is 2.32. The Balaban J connectivity index is 1.68. The molecule has 0 fully saturated rings. The summed E-state index contributed by atoms with van der Waals surface area (Å²) in [5.74, 6) is -0.418. The minimum atomic E-state index is -4.23. The molecule has 1 N–H and O–H groups in total. The topological polar surface area (TPSA) is 102 Å². The van der Waals surface area contributed by atoms with Crippen molar-refractivity contribution in [1.82, 2.24) is 0 Å². The van der Waals surface area contributed by atoms with Gasteiger partial charge in [0.15, 0.2) is 17.3 Å². The fourth-order valence-corrected chi connectivity index (χ4v) is 5.50. The highest BCUT2D eigenvalue weighted by atomic mass is 35.5. The van der Waals surface area contributed by atoms with E-state index in [0.717, 1.165) is 4.31 Å². The van der Waals surface area contributed by atoms with Crippen molar-refractivity contribution in [3.05, 3.63) is 113 Å². The number of ketones is 1. The molecule has 4 rings (SSSR count). The summed E-state index contributed by atoms with van der Waals surface area (Å²) in [6.45, 7) is -0.567. The van der Waals surface area contributed by atoms with Gasteiger partial charge in [0.05, 0.1) is 30.5 Å². The minimum absolute atomic E-state index is 0.0942. The molecule has 4 aromatic carbocycles. The maximum atomic E-state index is 13.8. The van der Waals surface area contributed by atoms with Crippen LogP contribution in [0.3, 0.4) is 0 Å². The number of para-hydroxylation sites is 1. The molecule has 0 atom stereocenters. The van der Waals surface area contributed by atoms with Crippen LogP contribution in [0.25, 0.3) is 0 Å². The standard InChI is InChI=1S/C29H25ClN2O6S/c1-37-26-16-14-23(18-27(26)38-2)39(35,36)32(22-11-7-4-8-12-22)19-28(33)31-25-15-13-21(30)17-24(25)29(34)20-9-5-3-6-10-20/h3-18H,19H2,1-2H3,(H,31,33). The Bertz CT molecular complexity index is 1600. The van der Waals surface area contributed by atoms with Crippen molar-refractivity contribution in [3.8, 4) is 11.5 Å². The maximum Gasteiger partial charge on any atom is 0.264 e. The Kier molecular flexibility index (Phi) is 8.53. The van der Waals surface area contributed by atoms with Crippen molar-refractivity contribution in [1.29, 1.82) is 0 Å². The average Bonchev–Trinajstić information content (AvgIpc) is 2.96. The lowest BCUT2D eigenvalue weighted by atomic mass is 10.0. The molecule has 0 spiro atoms. The number of hydrogen-bond donors (Lipinski definition) is 1. The first-order valence-electron chi connectivity index (χ1n) is 11.7. The largest absolute Gasteiger partial charge is 0.493 e. The molecular formula is C29H25ClN2O6S. The Morgan fingerprint density at radius 3 is 2.10 bits per heavy atom. The summed E-state index contributed by atoms with van der Waals surface area (Å²) < 4.78 is 39.0. The fraction of sp³-hybridized carbons (Fsp3) is 0.103. The number of ether oxygens (including phenoxy) is 2. The number of benzene rings is 4. The smallest absolute Gasteiger partial charge is 0.264 e. The second-order valence-corrected chi connectivity index (χ2v) is 10.6. The zero-order chi connectivity index (χ0) is 28.0. The SMILES string of the molecule is COc1ccc(S(=O)(=O)N(CC(=O)Nc2ccc(Cl)cc2C(=O)c2ccccc2)c2ccccc2)cc1OC. The Hall–Kier alpha value is -4.34. The first-order valence-corrected chi connectivity index (χ1v) is 13.6. The van der Waals surface area contributed by atoms with Gasteiger partial charge in [-0.15, -0.1) is 0 Å². The third-order valence-electron chi connectivity index (χ3n) is 5.81. The van der Waals surface area contributed by atoms with Crippen LogP contribution in [0.4, 0.5) is 11.4 Å². The number of sulfonamides is 1. The number of hydrogen-bond acceptors (Lipinski definition) is 6. The van der Waals surface area contributed by atoms with Crippen LogP contribution in [-0.2, 0) is 14.8 Å². The van der Waals surface area contributed by atoms with Crippen molar-refractivity contribution in [2.75, 3.05) is 30.4 Å². The van der Waals surface area contributed by atoms with E-state index in [1.807, 2.05) is 0 Å². The van der Waals surface area contributed by atoms with Gasteiger partial charge < -0.3 is 14.8 Å². The molecule has 4 aromatic rings. The van der Waals surface area contributed by atoms with Crippen LogP contribution < -0.4 is 19.1 Å².